The summed E-state index contributed by atoms with van der Waals surface area (Å²) in [5.41, 5.74) is 2.38. The third kappa shape index (κ3) is 10.8. The molecule has 2 aromatic carbocycles. The highest BCUT2D eigenvalue weighted by Crippen LogP contribution is 2.25. The third-order valence-electron chi connectivity index (χ3n) is 5.76. The highest BCUT2D eigenvalue weighted by molar-refractivity contribution is 5.94. The van der Waals surface area contributed by atoms with E-state index in [-0.39, 0.29) is 31.1 Å². The van der Waals surface area contributed by atoms with Gasteiger partial charge in [0.25, 0.3) is 0 Å². The molecule has 8 nitrogen and oxygen atoms in total. The number of unbranched alkanes of at least 4 members (excludes halogenated alkanes) is 2. The predicted octanol–water partition coefficient (Wildman–Crippen LogP) is 5.03. The van der Waals surface area contributed by atoms with Gasteiger partial charge in [-0.1, -0.05) is 31.2 Å². The summed E-state index contributed by atoms with van der Waals surface area (Å²) in [5.74, 6) is -0.279. The molecule has 0 heterocycles. The van der Waals surface area contributed by atoms with Crippen molar-refractivity contribution in [1.82, 2.24) is 4.90 Å². The van der Waals surface area contributed by atoms with Gasteiger partial charge in [0.15, 0.2) is 0 Å². The van der Waals surface area contributed by atoms with E-state index >= 15 is 0 Å². The molecule has 2 N–H and O–H groups in total. The Kier molecular flexibility index (Phi) is 12.2. The third-order valence-corrected chi connectivity index (χ3v) is 5.76. The zero-order valence-corrected chi connectivity index (χ0v) is 22.2. The van der Waals surface area contributed by atoms with Gasteiger partial charge in [0, 0.05) is 38.5 Å². The van der Waals surface area contributed by atoms with Gasteiger partial charge in [-0.3, -0.25) is 14.4 Å². The zero-order chi connectivity index (χ0) is 27.2. The molecule has 2 rings (SSSR count). The Hall–Kier alpha value is -3.81. The number of carboxylic acids is 1. The number of carbonyl (C=O) groups is 3. The average Bonchev–Trinajstić information content (AvgIpc) is 2.87. The number of ether oxygens (including phenoxy) is 2. The molecular weight excluding hydrogens is 472 g/mol. The Morgan fingerprint density at radius 3 is 2.46 bits per heavy atom. The highest BCUT2D eigenvalue weighted by atomic mass is 16.5. The van der Waals surface area contributed by atoms with Crippen molar-refractivity contribution in [1.29, 1.82) is 0 Å². The fourth-order valence-corrected chi connectivity index (χ4v) is 3.73. The molecule has 0 aliphatic heterocycles. The molecule has 0 spiro atoms. The van der Waals surface area contributed by atoms with Gasteiger partial charge in [0.1, 0.15) is 11.5 Å². The lowest BCUT2D eigenvalue weighted by Crippen LogP contribution is -2.30. The smallest absolute Gasteiger partial charge is 0.303 e. The summed E-state index contributed by atoms with van der Waals surface area (Å²) in [6, 6.07) is 13.1. The van der Waals surface area contributed by atoms with Crippen LogP contribution in [0.5, 0.6) is 11.5 Å². The maximum atomic E-state index is 12.4. The number of allylic oxidation sites excluding steroid dienone is 1. The Labute approximate surface area is 219 Å². The van der Waals surface area contributed by atoms with Crippen LogP contribution >= 0.6 is 0 Å². The van der Waals surface area contributed by atoms with Gasteiger partial charge < -0.3 is 24.8 Å². The van der Waals surface area contributed by atoms with Crippen molar-refractivity contribution in [2.75, 3.05) is 33.1 Å². The Balaban J connectivity index is 1.87. The average molecular weight is 511 g/mol. The van der Waals surface area contributed by atoms with Crippen molar-refractivity contribution in [2.24, 2.45) is 5.92 Å². The summed E-state index contributed by atoms with van der Waals surface area (Å²) < 4.78 is 11.1. The number of methoxy groups -OCH3 is 1. The molecule has 2 aromatic rings. The lowest BCUT2D eigenvalue weighted by molar-refractivity contribution is -0.137. The van der Waals surface area contributed by atoms with Crippen molar-refractivity contribution in [3.05, 3.63) is 59.7 Å². The van der Waals surface area contributed by atoms with E-state index in [1.807, 2.05) is 24.3 Å². The quantitative estimate of drug-likeness (QED) is 0.326. The molecule has 8 heteroatoms. The number of benzene rings is 2. The van der Waals surface area contributed by atoms with E-state index in [2.05, 4.69) is 17.5 Å². The minimum atomic E-state index is -0.903. The maximum absolute atomic E-state index is 12.4. The number of aryl methyl sites for hydroxylation is 1. The highest BCUT2D eigenvalue weighted by Gasteiger charge is 2.19. The van der Waals surface area contributed by atoms with Crippen LogP contribution in [0.3, 0.4) is 0 Å². The molecule has 200 valence electrons. The van der Waals surface area contributed by atoms with Gasteiger partial charge in [-0.25, -0.2) is 0 Å². The summed E-state index contributed by atoms with van der Waals surface area (Å²) in [4.78, 5) is 37.0. The van der Waals surface area contributed by atoms with Crippen molar-refractivity contribution in [3.63, 3.8) is 0 Å². The number of carboxylic acid groups (broad SMARTS) is 1. The lowest BCUT2D eigenvalue weighted by atomic mass is 10.1. The standard InChI is InChI=1S/C29H38N2O6/c1-21(29(35)31(2)3)19-27(32)30-24-13-16-26(23(20-24)12-17-28(33)34)37-18-8-6-5-7-9-22-10-14-25(36-4)15-11-22/h7,9-11,13-16,20-21H,5-6,8,12,17-19H2,1-4H3,(H,30,32)(H,33,34). The fraction of sp³-hybridized carbons (Fsp3) is 0.414. The number of carbonyl (C=O) groups excluding carboxylic acids is 2. The van der Waals surface area contributed by atoms with Gasteiger partial charge >= 0.3 is 5.97 Å². The molecular formula is C29H38N2O6. The van der Waals surface area contributed by atoms with E-state index in [1.165, 1.54) is 4.90 Å². The van der Waals surface area contributed by atoms with Crippen LogP contribution < -0.4 is 14.8 Å². The molecule has 0 radical (unpaired) electrons. The van der Waals surface area contributed by atoms with E-state index in [1.54, 1.807) is 46.3 Å². The predicted molar refractivity (Wildman–Crippen MR) is 145 cm³/mol. The number of nitrogens with one attached hydrogen (secondary N) is 1. The molecule has 0 aliphatic carbocycles. The minimum Gasteiger partial charge on any atom is -0.497 e. The molecule has 0 saturated carbocycles. The van der Waals surface area contributed by atoms with E-state index in [0.29, 0.717) is 18.0 Å². The molecule has 1 atom stereocenters. The molecule has 0 bridgehead atoms. The molecule has 0 fully saturated rings. The Bertz CT molecular complexity index is 1060. The van der Waals surface area contributed by atoms with Crippen molar-refractivity contribution in [3.8, 4) is 11.5 Å². The van der Waals surface area contributed by atoms with Crippen LogP contribution in [-0.4, -0.2) is 55.6 Å². The van der Waals surface area contributed by atoms with Gasteiger partial charge in [0.2, 0.25) is 11.8 Å². The van der Waals surface area contributed by atoms with Crippen LogP contribution in [0.2, 0.25) is 0 Å². The first kappa shape index (κ1) is 29.4. The fourth-order valence-electron chi connectivity index (χ4n) is 3.73. The van der Waals surface area contributed by atoms with Gasteiger partial charge in [-0.2, -0.15) is 0 Å². The largest absolute Gasteiger partial charge is 0.497 e. The topological polar surface area (TPSA) is 105 Å². The Morgan fingerprint density at radius 2 is 1.81 bits per heavy atom. The van der Waals surface area contributed by atoms with E-state index < -0.39 is 11.9 Å². The van der Waals surface area contributed by atoms with Gasteiger partial charge in [-0.05, 0) is 67.1 Å². The molecule has 2 amide bonds. The number of nitrogens with zero attached hydrogens (tertiary/aromatic N) is 1. The normalized spacial score (nSPS) is 11.7. The first-order valence-electron chi connectivity index (χ1n) is 12.5. The summed E-state index contributed by atoms with van der Waals surface area (Å²) in [5, 5.41) is 11.9. The number of rotatable bonds is 15. The Morgan fingerprint density at radius 1 is 1.08 bits per heavy atom. The molecule has 37 heavy (non-hydrogen) atoms. The first-order valence-corrected chi connectivity index (χ1v) is 12.5. The summed E-state index contributed by atoms with van der Waals surface area (Å²) in [6.07, 6.45) is 7.23. The second-order valence-corrected chi connectivity index (χ2v) is 9.12. The summed E-state index contributed by atoms with van der Waals surface area (Å²) in [7, 11) is 4.96. The maximum Gasteiger partial charge on any atom is 0.303 e. The second-order valence-electron chi connectivity index (χ2n) is 9.12. The summed E-state index contributed by atoms with van der Waals surface area (Å²) >= 11 is 0. The molecule has 0 aliphatic rings. The van der Waals surface area contributed by atoms with Crippen LogP contribution in [0.15, 0.2) is 48.5 Å². The van der Waals surface area contributed by atoms with Crippen LogP contribution in [0.25, 0.3) is 6.08 Å². The second kappa shape index (κ2) is 15.3. The summed E-state index contributed by atoms with van der Waals surface area (Å²) in [6.45, 7) is 2.22. The van der Waals surface area contributed by atoms with Crippen molar-refractivity contribution in [2.45, 2.75) is 45.4 Å². The van der Waals surface area contributed by atoms with Gasteiger partial charge in [0.05, 0.1) is 13.7 Å². The van der Waals surface area contributed by atoms with Crippen molar-refractivity contribution >= 4 is 29.5 Å². The lowest BCUT2D eigenvalue weighted by Gasteiger charge is -2.17. The van der Waals surface area contributed by atoms with Gasteiger partial charge in [-0.15, -0.1) is 0 Å². The monoisotopic (exact) mass is 510 g/mol. The number of hydrogen-bond acceptors (Lipinski definition) is 5. The first-order chi connectivity index (χ1) is 17.7. The van der Waals surface area contributed by atoms with Crippen LogP contribution in [0, 0.1) is 5.92 Å². The van der Waals surface area contributed by atoms with Crippen LogP contribution in [0.4, 0.5) is 5.69 Å². The van der Waals surface area contributed by atoms with Crippen LogP contribution in [0.1, 0.15) is 50.2 Å². The van der Waals surface area contributed by atoms with Crippen LogP contribution in [-0.2, 0) is 20.8 Å². The number of anilines is 1. The molecule has 0 saturated heterocycles. The number of hydrogen-bond donors (Lipinski definition) is 2. The van der Waals surface area contributed by atoms with Crippen molar-refractivity contribution < 1.29 is 29.0 Å². The molecule has 0 aromatic heterocycles. The van der Waals surface area contributed by atoms with E-state index in [0.717, 1.165) is 36.1 Å². The molecule has 1 unspecified atom stereocenters. The zero-order valence-electron chi connectivity index (χ0n) is 22.2. The SMILES string of the molecule is COc1ccc(C=CCCCCOc2ccc(NC(=O)CC(C)C(=O)N(C)C)cc2CCC(=O)O)cc1. The van der Waals surface area contributed by atoms with E-state index in [4.69, 9.17) is 14.6 Å². The van der Waals surface area contributed by atoms with E-state index in [9.17, 15) is 14.4 Å². The number of amides is 2. The minimum absolute atomic E-state index is 0.0434. The number of aliphatic carboxylic acids is 1.